The molecule has 3 atom stereocenters. The van der Waals surface area contributed by atoms with Crippen LogP contribution in [0.4, 0.5) is 0 Å². The first-order valence-electron chi connectivity index (χ1n) is 14.4. The Morgan fingerprint density at radius 3 is 2.02 bits per heavy atom. The molecule has 5 aromatic rings. The predicted octanol–water partition coefficient (Wildman–Crippen LogP) is 5.98. The molecule has 4 aromatic carbocycles. The minimum Gasteiger partial charge on any atom is -0.497 e. The third-order valence-corrected chi connectivity index (χ3v) is 8.26. The Hall–Kier alpha value is -4.43. The molecule has 7 nitrogen and oxygen atoms in total. The lowest BCUT2D eigenvalue weighted by molar-refractivity contribution is -0.0993. The van der Waals surface area contributed by atoms with Gasteiger partial charge < -0.3 is 24.1 Å². The molecule has 0 aliphatic carbocycles. The number of hydrogen-bond donors (Lipinski definition) is 1. The van der Waals surface area contributed by atoms with Gasteiger partial charge in [-0.2, -0.15) is 0 Å². The van der Waals surface area contributed by atoms with Crippen LogP contribution in [0.2, 0.25) is 0 Å². The average Bonchev–Trinajstić information content (AvgIpc) is 3.46. The molecule has 1 aliphatic heterocycles. The number of benzene rings is 4. The summed E-state index contributed by atoms with van der Waals surface area (Å²) in [7, 11) is 3.27. The van der Waals surface area contributed by atoms with Crippen LogP contribution >= 0.6 is 0 Å². The summed E-state index contributed by atoms with van der Waals surface area (Å²) in [5.74, 6) is 1.45. The standard InChI is InChI=1S/C36H35NO6/c1-24-9-18-31-25(21-24)19-20-37(35(31)39)34-22-32(33(23-38)42-34)43-36(26-7-5-4-6-8-26,27-10-14-29(40-2)15-11-27)28-12-16-30(41-3)17-13-28/h4-21,32-34,38H,22-23H2,1-3H3/t32-,33-,34-/m1/s1. The number of ether oxygens (including phenoxy) is 4. The average molecular weight is 578 g/mol. The Morgan fingerprint density at radius 2 is 1.44 bits per heavy atom. The van der Waals surface area contributed by atoms with Gasteiger partial charge in [-0.1, -0.05) is 72.3 Å². The molecule has 1 N–H and O–H groups in total. The van der Waals surface area contributed by atoms with Gasteiger partial charge in [0, 0.05) is 18.0 Å². The van der Waals surface area contributed by atoms with E-state index >= 15 is 0 Å². The lowest BCUT2D eigenvalue weighted by Crippen LogP contribution is -2.40. The second-order valence-electron chi connectivity index (χ2n) is 10.8. The van der Waals surface area contributed by atoms with E-state index in [-0.39, 0.29) is 12.2 Å². The minimum absolute atomic E-state index is 0.139. The maximum atomic E-state index is 13.6. The van der Waals surface area contributed by atoms with Gasteiger partial charge in [-0.05, 0) is 65.4 Å². The molecular weight excluding hydrogens is 542 g/mol. The fourth-order valence-corrected chi connectivity index (χ4v) is 6.02. The lowest BCUT2D eigenvalue weighted by Gasteiger charge is -2.39. The van der Waals surface area contributed by atoms with Crippen LogP contribution in [0.25, 0.3) is 10.8 Å². The van der Waals surface area contributed by atoms with Gasteiger partial charge in [0.15, 0.2) is 0 Å². The fraction of sp³-hybridized carbons (Fsp3) is 0.250. The van der Waals surface area contributed by atoms with Crippen LogP contribution in [0.15, 0.2) is 114 Å². The van der Waals surface area contributed by atoms with Gasteiger partial charge in [-0.25, -0.2) is 0 Å². The summed E-state index contributed by atoms with van der Waals surface area (Å²) in [5, 5.41) is 12.0. The van der Waals surface area contributed by atoms with Crippen LogP contribution < -0.4 is 15.0 Å². The first kappa shape index (κ1) is 28.7. The molecule has 0 amide bonds. The molecule has 1 fully saturated rings. The van der Waals surface area contributed by atoms with E-state index < -0.39 is 24.0 Å². The van der Waals surface area contributed by atoms with Gasteiger partial charge >= 0.3 is 0 Å². The van der Waals surface area contributed by atoms with Crippen LogP contribution in [0.5, 0.6) is 11.5 Å². The molecule has 43 heavy (non-hydrogen) atoms. The van der Waals surface area contributed by atoms with E-state index in [9.17, 15) is 9.90 Å². The van der Waals surface area contributed by atoms with Crippen LogP contribution in [-0.2, 0) is 15.1 Å². The maximum Gasteiger partial charge on any atom is 0.260 e. The maximum absolute atomic E-state index is 13.6. The van der Waals surface area contributed by atoms with Gasteiger partial charge in [0.25, 0.3) is 5.56 Å². The number of fused-ring (bicyclic) bond motifs is 1. The Labute approximate surface area is 250 Å². The molecule has 7 heteroatoms. The Morgan fingerprint density at radius 1 is 0.837 bits per heavy atom. The molecule has 0 spiro atoms. The number of aliphatic hydroxyl groups excluding tert-OH is 1. The van der Waals surface area contributed by atoms with Gasteiger partial charge in [0.05, 0.1) is 26.9 Å². The largest absolute Gasteiger partial charge is 0.497 e. The van der Waals surface area contributed by atoms with Gasteiger partial charge in [-0.15, -0.1) is 0 Å². The second-order valence-corrected chi connectivity index (χ2v) is 10.8. The summed E-state index contributed by atoms with van der Waals surface area (Å²) < 4.78 is 26.1. The molecule has 1 aliphatic rings. The Balaban J connectivity index is 1.46. The first-order chi connectivity index (χ1) is 21.0. The minimum atomic E-state index is -1.08. The van der Waals surface area contributed by atoms with E-state index in [2.05, 4.69) is 0 Å². The number of aliphatic hydroxyl groups is 1. The SMILES string of the molecule is COc1ccc(C(O[C@@H]2C[C@H](n3ccc4cc(C)ccc4c3=O)O[C@@H]2CO)(c2ccccc2)c2ccc(OC)cc2)cc1. The highest BCUT2D eigenvalue weighted by Gasteiger charge is 2.46. The zero-order chi connectivity index (χ0) is 30.0. The molecule has 220 valence electrons. The third-order valence-electron chi connectivity index (χ3n) is 8.26. The van der Waals surface area contributed by atoms with Crippen LogP contribution in [-0.4, -0.2) is 42.7 Å². The smallest absolute Gasteiger partial charge is 0.260 e. The summed E-state index contributed by atoms with van der Waals surface area (Å²) in [5.41, 5.74) is 2.53. The highest BCUT2D eigenvalue weighted by molar-refractivity contribution is 5.82. The number of aromatic nitrogens is 1. The van der Waals surface area contributed by atoms with Crippen molar-refractivity contribution in [2.45, 2.75) is 37.4 Å². The van der Waals surface area contributed by atoms with Crippen LogP contribution in [0.1, 0.15) is 34.9 Å². The topological polar surface area (TPSA) is 79.2 Å². The molecule has 6 rings (SSSR count). The molecule has 0 radical (unpaired) electrons. The van der Waals surface area contributed by atoms with E-state index in [1.807, 2.05) is 110 Å². The number of rotatable bonds is 9. The number of nitrogens with zero attached hydrogens (tertiary/aromatic N) is 1. The predicted molar refractivity (Wildman–Crippen MR) is 166 cm³/mol. The van der Waals surface area contributed by atoms with Crippen molar-refractivity contribution >= 4 is 10.8 Å². The molecule has 0 saturated carbocycles. The Kier molecular flexibility index (Phi) is 8.04. The summed E-state index contributed by atoms with van der Waals surface area (Å²) in [6.45, 7) is 1.74. The first-order valence-corrected chi connectivity index (χ1v) is 14.4. The zero-order valence-corrected chi connectivity index (χ0v) is 24.5. The molecule has 0 unspecified atom stereocenters. The van der Waals surface area contributed by atoms with E-state index in [1.165, 1.54) is 0 Å². The summed E-state index contributed by atoms with van der Waals surface area (Å²) in [6.07, 6.45) is 0.303. The van der Waals surface area contributed by atoms with Crippen LogP contribution in [0.3, 0.4) is 0 Å². The van der Waals surface area contributed by atoms with Gasteiger partial charge in [0.1, 0.15) is 29.4 Å². The zero-order valence-electron chi connectivity index (χ0n) is 24.5. The molecule has 2 heterocycles. The van der Waals surface area contributed by atoms with Crippen LogP contribution in [0, 0.1) is 6.92 Å². The number of hydrogen-bond acceptors (Lipinski definition) is 6. The number of pyridine rings is 1. The van der Waals surface area contributed by atoms with Crippen molar-refractivity contribution in [2.75, 3.05) is 20.8 Å². The molecule has 0 bridgehead atoms. The van der Waals surface area contributed by atoms with E-state index in [0.717, 1.165) is 39.1 Å². The van der Waals surface area contributed by atoms with Gasteiger partial charge in [-0.3, -0.25) is 9.36 Å². The van der Waals surface area contributed by atoms with Crippen molar-refractivity contribution in [1.29, 1.82) is 0 Å². The highest BCUT2D eigenvalue weighted by Crippen LogP contribution is 2.45. The fourth-order valence-electron chi connectivity index (χ4n) is 6.02. The van der Waals surface area contributed by atoms with Gasteiger partial charge in [0.2, 0.25) is 0 Å². The molecule has 1 saturated heterocycles. The third kappa shape index (κ3) is 5.31. The van der Waals surface area contributed by atoms with Crippen molar-refractivity contribution in [3.63, 3.8) is 0 Å². The van der Waals surface area contributed by atoms with Crippen molar-refractivity contribution in [3.8, 4) is 11.5 Å². The second kappa shape index (κ2) is 12.1. The molecular formula is C36H35NO6. The molecule has 1 aromatic heterocycles. The summed E-state index contributed by atoms with van der Waals surface area (Å²) in [4.78, 5) is 13.6. The monoisotopic (exact) mass is 577 g/mol. The van der Waals surface area contributed by atoms with E-state index in [1.54, 1.807) is 25.0 Å². The highest BCUT2D eigenvalue weighted by atomic mass is 16.6. The summed E-state index contributed by atoms with van der Waals surface area (Å²) >= 11 is 0. The van der Waals surface area contributed by atoms with Crippen molar-refractivity contribution < 1.29 is 24.1 Å². The van der Waals surface area contributed by atoms with Crippen molar-refractivity contribution in [2.24, 2.45) is 0 Å². The van der Waals surface area contributed by atoms with E-state index in [4.69, 9.17) is 18.9 Å². The number of methoxy groups -OCH3 is 2. The van der Waals surface area contributed by atoms with E-state index in [0.29, 0.717) is 11.8 Å². The van der Waals surface area contributed by atoms with Crippen molar-refractivity contribution in [3.05, 3.63) is 142 Å². The summed E-state index contributed by atoms with van der Waals surface area (Å²) in [6, 6.07) is 33.3. The lowest BCUT2D eigenvalue weighted by atomic mass is 9.79. The quantitative estimate of drug-likeness (QED) is 0.217. The van der Waals surface area contributed by atoms with Crippen molar-refractivity contribution in [1.82, 2.24) is 4.57 Å². The number of aryl methyl sites for hydroxylation is 1. The Bertz CT molecular complexity index is 1700. The normalized spacial score (nSPS) is 18.6.